The van der Waals surface area contributed by atoms with Gasteiger partial charge in [0.25, 0.3) is 0 Å². The van der Waals surface area contributed by atoms with E-state index in [1.54, 1.807) is 18.3 Å². The zero-order valence-electron chi connectivity index (χ0n) is 10.5. The lowest BCUT2D eigenvalue weighted by Gasteiger charge is -2.22. The summed E-state index contributed by atoms with van der Waals surface area (Å²) in [6.07, 6.45) is 1.29. The van der Waals surface area contributed by atoms with Gasteiger partial charge in [0.1, 0.15) is 0 Å². The van der Waals surface area contributed by atoms with Gasteiger partial charge in [0.05, 0.1) is 15.1 Å². The number of hydrogen-bond donors (Lipinski definition) is 1. The lowest BCUT2D eigenvalue weighted by atomic mass is 10.1. The summed E-state index contributed by atoms with van der Waals surface area (Å²) < 4.78 is 24.4. The minimum Gasteiger partial charge on any atom is -0.308 e. The van der Waals surface area contributed by atoms with Gasteiger partial charge in [-0.3, -0.25) is 0 Å². The van der Waals surface area contributed by atoms with Gasteiger partial charge < -0.3 is 5.32 Å². The first kappa shape index (κ1) is 15.1. The molecule has 6 heteroatoms. The highest BCUT2D eigenvalue weighted by molar-refractivity contribution is 9.11. The summed E-state index contributed by atoms with van der Waals surface area (Å²) in [5.41, 5.74) is 1.15. The SMILES string of the molecule is CCNC(c1cc(C)c(Br)s1)C(C)S(C)(=O)=O. The van der Waals surface area contributed by atoms with Gasteiger partial charge in [-0.1, -0.05) is 6.92 Å². The standard InChI is InChI=1S/C11H18BrNO2S2/c1-5-13-10(8(3)17(4,14)15)9-6-7(2)11(12)16-9/h6,8,10,13H,5H2,1-4H3. The van der Waals surface area contributed by atoms with Crippen molar-refractivity contribution in [1.29, 1.82) is 0 Å². The molecule has 0 saturated carbocycles. The first-order valence-electron chi connectivity index (χ1n) is 5.45. The van der Waals surface area contributed by atoms with Crippen LogP contribution in [0.4, 0.5) is 0 Å². The van der Waals surface area contributed by atoms with E-state index in [1.165, 1.54) is 6.26 Å². The lowest BCUT2D eigenvalue weighted by molar-refractivity contribution is 0.518. The van der Waals surface area contributed by atoms with E-state index in [1.807, 2.05) is 19.9 Å². The molecule has 0 radical (unpaired) electrons. The highest BCUT2D eigenvalue weighted by Gasteiger charge is 2.28. The molecule has 3 nitrogen and oxygen atoms in total. The normalized spacial score (nSPS) is 15.8. The van der Waals surface area contributed by atoms with E-state index in [0.717, 1.165) is 20.8 Å². The molecule has 1 aromatic rings. The second kappa shape index (κ2) is 5.82. The predicted molar refractivity (Wildman–Crippen MR) is 77.5 cm³/mol. The molecule has 0 aromatic carbocycles. The maximum Gasteiger partial charge on any atom is 0.151 e. The van der Waals surface area contributed by atoms with Crippen molar-refractivity contribution >= 4 is 37.1 Å². The summed E-state index contributed by atoms with van der Waals surface area (Å²) in [4.78, 5) is 1.06. The number of sulfone groups is 1. The van der Waals surface area contributed by atoms with Crippen LogP contribution in [0.2, 0.25) is 0 Å². The maximum atomic E-state index is 11.7. The summed E-state index contributed by atoms with van der Waals surface area (Å²) in [5, 5.41) is 2.83. The van der Waals surface area contributed by atoms with Gasteiger partial charge in [0.15, 0.2) is 9.84 Å². The number of halogens is 1. The Morgan fingerprint density at radius 1 is 1.53 bits per heavy atom. The van der Waals surface area contributed by atoms with Crippen LogP contribution in [0.1, 0.15) is 30.3 Å². The molecule has 2 atom stereocenters. The molecule has 1 rings (SSSR count). The third-order valence-electron chi connectivity index (χ3n) is 2.75. The number of hydrogen-bond acceptors (Lipinski definition) is 4. The van der Waals surface area contributed by atoms with Crippen molar-refractivity contribution in [1.82, 2.24) is 5.32 Å². The van der Waals surface area contributed by atoms with E-state index in [-0.39, 0.29) is 6.04 Å². The average molecular weight is 340 g/mol. The van der Waals surface area contributed by atoms with E-state index in [2.05, 4.69) is 21.2 Å². The number of aryl methyl sites for hydroxylation is 1. The van der Waals surface area contributed by atoms with Crippen molar-refractivity contribution in [2.75, 3.05) is 12.8 Å². The van der Waals surface area contributed by atoms with E-state index < -0.39 is 15.1 Å². The van der Waals surface area contributed by atoms with Gasteiger partial charge in [0, 0.05) is 11.1 Å². The predicted octanol–water partition coefficient (Wildman–Crippen LogP) is 2.90. The van der Waals surface area contributed by atoms with E-state index in [9.17, 15) is 8.42 Å². The Kier molecular flexibility index (Phi) is 5.19. The van der Waals surface area contributed by atoms with E-state index in [4.69, 9.17) is 0 Å². The Morgan fingerprint density at radius 3 is 2.47 bits per heavy atom. The minimum atomic E-state index is -3.05. The Hall–Kier alpha value is 0.0900. The zero-order valence-corrected chi connectivity index (χ0v) is 13.7. The molecule has 0 aliphatic rings. The van der Waals surface area contributed by atoms with Gasteiger partial charge in [-0.15, -0.1) is 11.3 Å². The van der Waals surface area contributed by atoms with Crippen LogP contribution in [-0.4, -0.2) is 26.5 Å². The highest BCUT2D eigenvalue weighted by atomic mass is 79.9. The molecule has 0 saturated heterocycles. The van der Waals surface area contributed by atoms with E-state index >= 15 is 0 Å². The number of nitrogens with one attached hydrogen (secondary N) is 1. The molecule has 1 aromatic heterocycles. The lowest BCUT2D eigenvalue weighted by Crippen LogP contribution is -2.34. The van der Waals surface area contributed by atoms with Crippen LogP contribution in [-0.2, 0) is 9.84 Å². The van der Waals surface area contributed by atoms with Gasteiger partial charge in [-0.25, -0.2) is 8.42 Å². The Labute approximate surface area is 116 Å². The van der Waals surface area contributed by atoms with Gasteiger partial charge in [0.2, 0.25) is 0 Å². The van der Waals surface area contributed by atoms with Crippen LogP contribution in [0.3, 0.4) is 0 Å². The molecule has 1 N–H and O–H groups in total. The highest BCUT2D eigenvalue weighted by Crippen LogP contribution is 2.34. The summed E-state index contributed by atoms with van der Waals surface area (Å²) >= 11 is 5.07. The molecule has 0 aliphatic carbocycles. The van der Waals surface area contributed by atoms with Crippen LogP contribution in [0.5, 0.6) is 0 Å². The zero-order chi connectivity index (χ0) is 13.2. The molecule has 0 fully saturated rings. The summed E-state index contributed by atoms with van der Waals surface area (Å²) in [6, 6.07) is 1.91. The van der Waals surface area contributed by atoms with Crippen molar-refractivity contribution in [2.24, 2.45) is 0 Å². The minimum absolute atomic E-state index is 0.134. The quantitative estimate of drug-likeness (QED) is 0.897. The van der Waals surface area contributed by atoms with Crippen molar-refractivity contribution in [3.05, 3.63) is 20.3 Å². The van der Waals surface area contributed by atoms with Crippen LogP contribution >= 0.6 is 27.3 Å². The molecule has 2 unspecified atom stereocenters. The molecule has 17 heavy (non-hydrogen) atoms. The Morgan fingerprint density at radius 2 is 2.12 bits per heavy atom. The summed E-state index contributed by atoms with van der Waals surface area (Å²) in [7, 11) is -3.05. The summed E-state index contributed by atoms with van der Waals surface area (Å²) in [5.74, 6) is 0. The van der Waals surface area contributed by atoms with E-state index in [0.29, 0.717) is 0 Å². The van der Waals surface area contributed by atoms with Gasteiger partial charge in [-0.2, -0.15) is 0 Å². The topological polar surface area (TPSA) is 46.2 Å². The first-order chi connectivity index (χ1) is 7.77. The van der Waals surface area contributed by atoms with Crippen molar-refractivity contribution in [3.8, 4) is 0 Å². The molecule has 98 valence electrons. The molecular weight excluding hydrogens is 322 g/mol. The molecule has 0 aliphatic heterocycles. The van der Waals surface area contributed by atoms with Crippen LogP contribution in [0.15, 0.2) is 9.85 Å². The van der Waals surface area contributed by atoms with Crippen LogP contribution in [0.25, 0.3) is 0 Å². The molecular formula is C11H18BrNO2S2. The molecule has 0 spiro atoms. The third-order valence-corrected chi connectivity index (χ3v) is 6.59. The Bertz CT molecular complexity index is 462. The number of thiophene rings is 1. The van der Waals surface area contributed by atoms with Crippen LogP contribution < -0.4 is 5.32 Å². The average Bonchev–Trinajstić information content (AvgIpc) is 2.53. The van der Waals surface area contributed by atoms with Crippen molar-refractivity contribution < 1.29 is 8.42 Å². The maximum absolute atomic E-state index is 11.7. The monoisotopic (exact) mass is 339 g/mol. The van der Waals surface area contributed by atoms with Crippen LogP contribution in [0, 0.1) is 6.92 Å². The fourth-order valence-corrected chi connectivity index (χ4v) is 4.18. The third kappa shape index (κ3) is 3.77. The fraction of sp³-hybridized carbons (Fsp3) is 0.636. The molecule has 0 amide bonds. The fourth-order valence-electron chi connectivity index (χ4n) is 1.60. The van der Waals surface area contributed by atoms with Gasteiger partial charge >= 0.3 is 0 Å². The Balaban J connectivity index is 3.09. The second-order valence-electron chi connectivity index (χ2n) is 4.18. The second-order valence-corrected chi connectivity index (χ2v) is 8.98. The van der Waals surface area contributed by atoms with Crippen molar-refractivity contribution in [2.45, 2.75) is 32.1 Å². The first-order valence-corrected chi connectivity index (χ1v) is 9.01. The smallest absolute Gasteiger partial charge is 0.151 e. The molecule has 0 bridgehead atoms. The molecule has 1 heterocycles. The van der Waals surface area contributed by atoms with Crippen molar-refractivity contribution in [3.63, 3.8) is 0 Å². The largest absolute Gasteiger partial charge is 0.308 e. The number of rotatable bonds is 5. The summed E-state index contributed by atoms with van der Waals surface area (Å²) in [6.45, 7) is 6.50. The van der Waals surface area contributed by atoms with Gasteiger partial charge in [-0.05, 0) is 48.0 Å².